The molecule has 3 nitrogen and oxygen atoms in total. The zero-order chi connectivity index (χ0) is 7.14. The number of nitrogens with one attached hydrogen (secondary N) is 1. The lowest BCUT2D eigenvalue weighted by molar-refractivity contribution is -0.140. The third-order valence-electron chi connectivity index (χ3n) is 2.33. The van der Waals surface area contributed by atoms with Crippen molar-refractivity contribution in [2.45, 2.75) is 25.3 Å². The predicted molar refractivity (Wildman–Crippen MR) is 34.3 cm³/mol. The van der Waals surface area contributed by atoms with E-state index in [4.69, 9.17) is 0 Å². The van der Waals surface area contributed by atoms with Gasteiger partial charge in [-0.05, 0) is 12.8 Å². The number of ketones is 1. The van der Waals surface area contributed by atoms with Gasteiger partial charge in [0.15, 0.2) is 5.78 Å². The second-order valence-electron chi connectivity index (χ2n) is 3.01. The SMILES string of the molecule is O=C1N[C@@H]2CC[C@H]1CC2=O. The summed E-state index contributed by atoms with van der Waals surface area (Å²) < 4.78 is 0. The van der Waals surface area contributed by atoms with Crippen molar-refractivity contribution in [3.8, 4) is 0 Å². The highest BCUT2D eigenvalue weighted by molar-refractivity contribution is 5.97. The van der Waals surface area contributed by atoms with Gasteiger partial charge in [0.2, 0.25) is 5.91 Å². The third-order valence-corrected chi connectivity index (χ3v) is 2.33. The van der Waals surface area contributed by atoms with Crippen LogP contribution in [-0.4, -0.2) is 17.7 Å². The Balaban J connectivity index is 2.23. The van der Waals surface area contributed by atoms with Crippen molar-refractivity contribution in [3.05, 3.63) is 0 Å². The molecule has 10 heavy (non-hydrogen) atoms. The topological polar surface area (TPSA) is 46.2 Å². The summed E-state index contributed by atoms with van der Waals surface area (Å²) in [7, 11) is 0. The summed E-state index contributed by atoms with van der Waals surface area (Å²) in [5.74, 6) is 0.296. The van der Waals surface area contributed by atoms with E-state index in [9.17, 15) is 9.59 Å². The van der Waals surface area contributed by atoms with Crippen molar-refractivity contribution < 1.29 is 9.59 Å². The molecule has 3 fully saturated rings. The van der Waals surface area contributed by atoms with Crippen molar-refractivity contribution >= 4 is 11.7 Å². The van der Waals surface area contributed by atoms with Gasteiger partial charge in [-0.1, -0.05) is 0 Å². The number of piperidine rings is 2. The molecular formula is C7H9NO2. The number of rotatable bonds is 0. The normalized spacial score (nSPS) is 38.0. The Morgan fingerprint density at radius 1 is 1.30 bits per heavy atom. The maximum absolute atomic E-state index is 11.0. The van der Waals surface area contributed by atoms with Gasteiger partial charge in [-0.15, -0.1) is 0 Å². The molecule has 2 aliphatic heterocycles. The molecular weight excluding hydrogens is 130 g/mol. The first-order chi connectivity index (χ1) is 4.77. The zero-order valence-electron chi connectivity index (χ0n) is 5.59. The van der Waals surface area contributed by atoms with E-state index in [0.717, 1.165) is 12.8 Å². The van der Waals surface area contributed by atoms with Crippen LogP contribution in [-0.2, 0) is 9.59 Å². The lowest BCUT2D eigenvalue weighted by atomic mass is 9.80. The van der Waals surface area contributed by atoms with Crippen molar-refractivity contribution in [2.75, 3.05) is 0 Å². The fourth-order valence-corrected chi connectivity index (χ4v) is 1.68. The van der Waals surface area contributed by atoms with Crippen molar-refractivity contribution in [1.29, 1.82) is 0 Å². The zero-order valence-corrected chi connectivity index (χ0v) is 5.59. The van der Waals surface area contributed by atoms with Gasteiger partial charge in [0, 0.05) is 12.3 Å². The van der Waals surface area contributed by atoms with Crippen LogP contribution >= 0.6 is 0 Å². The van der Waals surface area contributed by atoms with Gasteiger partial charge >= 0.3 is 0 Å². The molecule has 1 saturated carbocycles. The number of hydrogen-bond donors (Lipinski definition) is 1. The average Bonchev–Trinajstić information content (AvgIpc) is 1.91. The average molecular weight is 139 g/mol. The molecule has 3 heteroatoms. The van der Waals surface area contributed by atoms with Crippen molar-refractivity contribution in [1.82, 2.24) is 5.32 Å². The minimum absolute atomic E-state index is 0.00231. The third kappa shape index (κ3) is 0.664. The molecule has 2 bridgehead atoms. The maximum Gasteiger partial charge on any atom is 0.224 e. The number of fused-ring (bicyclic) bond motifs is 3. The summed E-state index contributed by atoms with van der Waals surface area (Å²) in [5.41, 5.74) is 0. The maximum atomic E-state index is 11.0. The molecule has 1 amide bonds. The molecule has 1 N–H and O–H groups in total. The highest BCUT2D eigenvalue weighted by atomic mass is 16.2. The van der Waals surface area contributed by atoms with Crippen molar-refractivity contribution in [2.24, 2.45) is 5.92 Å². The van der Waals surface area contributed by atoms with Crippen molar-refractivity contribution in [3.63, 3.8) is 0 Å². The molecule has 2 heterocycles. The molecule has 0 spiro atoms. The molecule has 2 atom stereocenters. The Hall–Kier alpha value is -0.860. The molecule has 0 aromatic heterocycles. The van der Waals surface area contributed by atoms with Crippen LogP contribution in [0.25, 0.3) is 0 Å². The van der Waals surface area contributed by atoms with E-state index >= 15 is 0 Å². The highest BCUT2D eigenvalue weighted by Gasteiger charge is 2.39. The van der Waals surface area contributed by atoms with Gasteiger partial charge in [-0.25, -0.2) is 0 Å². The number of carbonyl (C=O) groups is 2. The highest BCUT2D eigenvalue weighted by Crippen LogP contribution is 2.26. The molecule has 3 rings (SSSR count). The van der Waals surface area contributed by atoms with E-state index in [2.05, 4.69) is 5.32 Å². The molecule has 2 saturated heterocycles. The van der Waals surface area contributed by atoms with E-state index in [0.29, 0.717) is 6.42 Å². The molecule has 54 valence electrons. The summed E-state index contributed by atoms with van der Waals surface area (Å²) in [6, 6.07) is -0.141. The van der Waals surface area contributed by atoms with Crippen LogP contribution in [0.2, 0.25) is 0 Å². The van der Waals surface area contributed by atoms with Crippen LogP contribution in [0.1, 0.15) is 19.3 Å². The summed E-state index contributed by atoms with van der Waals surface area (Å²) in [4.78, 5) is 21.9. The van der Waals surface area contributed by atoms with Gasteiger partial charge in [0.05, 0.1) is 6.04 Å². The molecule has 0 aromatic rings. The molecule has 0 radical (unpaired) electrons. The summed E-state index contributed by atoms with van der Waals surface area (Å²) in [6.07, 6.45) is 2.24. The van der Waals surface area contributed by atoms with Gasteiger partial charge in [-0.3, -0.25) is 9.59 Å². The monoisotopic (exact) mass is 139 g/mol. The Labute approximate surface area is 58.8 Å². The summed E-state index contributed by atoms with van der Waals surface area (Å²) >= 11 is 0. The van der Waals surface area contributed by atoms with E-state index in [1.54, 1.807) is 0 Å². The Bertz CT molecular complexity index is 178. The van der Waals surface area contributed by atoms with Gasteiger partial charge in [0.1, 0.15) is 0 Å². The first kappa shape index (κ1) is 5.89. The Kier molecular flexibility index (Phi) is 1.07. The largest absolute Gasteiger partial charge is 0.346 e. The van der Waals surface area contributed by atoms with Gasteiger partial charge in [-0.2, -0.15) is 0 Å². The Morgan fingerprint density at radius 2 is 2.10 bits per heavy atom. The van der Waals surface area contributed by atoms with E-state index < -0.39 is 0 Å². The summed E-state index contributed by atoms with van der Waals surface area (Å²) in [5, 5.41) is 2.68. The quantitative estimate of drug-likeness (QED) is 0.507. The van der Waals surface area contributed by atoms with Crippen LogP contribution < -0.4 is 5.32 Å². The first-order valence-electron chi connectivity index (χ1n) is 3.60. The van der Waals surface area contributed by atoms with E-state index in [1.165, 1.54) is 0 Å². The minimum atomic E-state index is -0.141. The standard InChI is InChI=1S/C7H9NO2/c9-6-3-4-1-2-5(6)8-7(4)10/h4-5H,1-3H2,(H,8,10)/t4-,5+/m0/s1. The number of amides is 1. The molecule has 0 unspecified atom stereocenters. The molecule has 1 aliphatic carbocycles. The van der Waals surface area contributed by atoms with Crippen LogP contribution in [0.3, 0.4) is 0 Å². The van der Waals surface area contributed by atoms with E-state index in [1.807, 2.05) is 0 Å². The second-order valence-corrected chi connectivity index (χ2v) is 3.01. The second kappa shape index (κ2) is 1.81. The molecule has 3 aliphatic rings. The van der Waals surface area contributed by atoms with E-state index in [-0.39, 0.29) is 23.7 Å². The lowest BCUT2D eigenvalue weighted by Gasteiger charge is -2.34. The lowest BCUT2D eigenvalue weighted by Crippen LogP contribution is -2.54. The number of Topliss-reactive ketones (excluding diaryl/α,β-unsaturated/α-hetero) is 1. The summed E-state index contributed by atoms with van der Waals surface area (Å²) in [6.45, 7) is 0. The van der Waals surface area contributed by atoms with Crippen LogP contribution in [0.15, 0.2) is 0 Å². The fourth-order valence-electron chi connectivity index (χ4n) is 1.68. The fraction of sp³-hybridized carbons (Fsp3) is 0.714. The molecule has 0 aromatic carbocycles. The Morgan fingerprint density at radius 3 is 2.40 bits per heavy atom. The van der Waals surface area contributed by atoms with Crippen LogP contribution in [0.4, 0.5) is 0 Å². The van der Waals surface area contributed by atoms with Gasteiger partial charge in [0.25, 0.3) is 0 Å². The van der Waals surface area contributed by atoms with Gasteiger partial charge < -0.3 is 5.32 Å². The predicted octanol–water partition coefficient (Wildman–Crippen LogP) is -0.146. The minimum Gasteiger partial charge on any atom is -0.346 e. The number of hydrogen-bond acceptors (Lipinski definition) is 2. The smallest absolute Gasteiger partial charge is 0.224 e. The van der Waals surface area contributed by atoms with Crippen LogP contribution in [0, 0.1) is 5.92 Å². The van der Waals surface area contributed by atoms with Crippen LogP contribution in [0.5, 0.6) is 0 Å². The first-order valence-corrected chi connectivity index (χ1v) is 3.60. The number of carbonyl (C=O) groups excluding carboxylic acids is 2.